The summed E-state index contributed by atoms with van der Waals surface area (Å²) in [5.74, 6) is -2.54. The minimum Gasteiger partial charge on any atom is -0.466 e. The number of carbonyl (C=O) groups excluding carboxylic acids is 4. The number of barbiturate groups is 1. The lowest BCUT2D eigenvalue weighted by Gasteiger charge is -2.54. The summed E-state index contributed by atoms with van der Waals surface area (Å²) >= 11 is 5.98. The second-order valence-corrected chi connectivity index (χ2v) is 9.71. The van der Waals surface area contributed by atoms with Crippen molar-refractivity contribution in [1.82, 2.24) is 5.32 Å². The van der Waals surface area contributed by atoms with Gasteiger partial charge < -0.3 is 9.64 Å². The van der Waals surface area contributed by atoms with Crippen LogP contribution in [0.1, 0.15) is 25.3 Å². The second-order valence-electron chi connectivity index (χ2n) is 9.28. The van der Waals surface area contributed by atoms with E-state index in [4.69, 9.17) is 16.3 Å². The normalized spacial score (nSPS) is 24.9. The zero-order chi connectivity index (χ0) is 26.5. The molecule has 3 aliphatic heterocycles. The number of urea groups is 1. The van der Waals surface area contributed by atoms with Gasteiger partial charge in [0.15, 0.2) is 5.41 Å². The number of non-ortho nitro benzene ring substituents is 1. The van der Waals surface area contributed by atoms with Crippen LogP contribution in [0.3, 0.4) is 0 Å². The first-order valence-corrected chi connectivity index (χ1v) is 12.2. The maximum absolute atomic E-state index is 14.2. The fourth-order valence-electron chi connectivity index (χ4n) is 5.65. The molecule has 2 saturated heterocycles. The number of amides is 4. The number of esters is 1. The van der Waals surface area contributed by atoms with Gasteiger partial charge >= 0.3 is 12.0 Å². The Kier molecular flexibility index (Phi) is 6.10. The summed E-state index contributed by atoms with van der Waals surface area (Å²) < 4.78 is 5.23. The van der Waals surface area contributed by atoms with Crippen molar-refractivity contribution >= 4 is 52.5 Å². The largest absolute Gasteiger partial charge is 0.466 e. The van der Waals surface area contributed by atoms with E-state index in [0.29, 0.717) is 29.2 Å². The van der Waals surface area contributed by atoms with Crippen molar-refractivity contribution in [3.8, 4) is 0 Å². The summed E-state index contributed by atoms with van der Waals surface area (Å²) in [6.45, 7) is 2.21. The molecule has 0 aliphatic carbocycles. The van der Waals surface area contributed by atoms with Crippen LogP contribution in [0.25, 0.3) is 0 Å². The molecule has 0 saturated carbocycles. The molecule has 4 amide bonds. The number of imide groups is 2. The Bertz CT molecular complexity index is 1330. The minimum atomic E-state index is -1.82. The van der Waals surface area contributed by atoms with Gasteiger partial charge in [-0.15, -0.1) is 0 Å². The predicted molar refractivity (Wildman–Crippen MR) is 132 cm³/mol. The molecule has 3 atom stereocenters. The lowest BCUT2D eigenvalue weighted by Crippen LogP contribution is -2.73. The highest BCUT2D eigenvalue weighted by Crippen LogP contribution is 2.49. The van der Waals surface area contributed by atoms with Gasteiger partial charge in [-0.1, -0.05) is 11.6 Å². The van der Waals surface area contributed by atoms with Crippen molar-refractivity contribution < 1.29 is 28.8 Å². The fraction of sp³-hybridized carbons (Fsp3) is 0.360. The maximum atomic E-state index is 14.2. The van der Waals surface area contributed by atoms with Crippen molar-refractivity contribution in [2.45, 2.75) is 32.2 Å². The fourth-order valence-corrected chi connectivity index (χ4v) is 5.77. The molecule has 2 aromatic rings. The van der Waals surface area contributed by atoms with E-state index in [9.17, 15) is 29.3 Å². The topological polar surface area (TPSA) is 139 Å². The summed E-state index contributed by atoms with van der Waals surface area (Å²) in [7, 11) is 0. The monoisotopic (exact) mass is 526 g/mol. The van der Waals surface area contributed by atoms with Crippen LogP contribution in [0.15, 0.2) is 42.5 Å². The Hall–Kier alpha value is -3.99. The Balaban J connectivity index is 1.65. The van der Waals surface area contributed by atoms with Crippen molar-refractivity contribution in [2.24, 2.45) is 11.3 Å². The molecule has 1 N–H and O–H groups in total. The molecule has 0 unspecified atom stereocenters. The van der Waals surface area contributed by atoms with E-state index in [0.717, 1.165) is 4.90 Å². The smallest absolute Gasteiger partial charge is 0.335 e. The zero-order valence-corrected chi connectivity index (χ0v) is 20.6. The number of carbonyl (C=O) groups is 4. The first-order chi connectivity index (χ1) is 17.7. The Morgan fingerprint density at radius 1 is 1.22 bits per heavy atom. The van der Waals surface area contributed by atoms with Gasteiger partial charge in [-0.05, 0) is 55.7 Å². The van der Waals surface area contributed by atoms with Crippen LogP contribution in [0.2, 0.25) is 5.02 Å². The molecule has 37 heavy (non-hydrogen) atoms. The second kappa shape index (κ2) is 9.15. The third-order valence-corrected chi connectivity index (χ3v) is 7.59. The highest BCUT2D eigenvalue weighted by atomic mass is 35.5. The van der Waals surface area contributed by atoms with E-state index in [2.05, 4.69) is 5.32 Å². The molecule has 5 rings (SSSR count). The van der Waals surface area contributed by atoms with E-state index < -0.39 is 46.1 Å². The number of nitro groups is 1. The van der Waals surface area contributed by atoms with Crippen LogP contribution >= 0.6 is 11.6 Å². The lowest BCUT2D eigenvalue weighted by molar-refractivity contribution is -0.384. The first-order valence-electron chi connectivity index (χ1n) is 11.8. The van der Waals surface area contributed by atoms with Crippen molar-refractivity contribution in [3.05, 3.63) is 63.2 Å². The Morgan fingerprint density at radius 3 is 2.62 bits per heavy atom. The van der Waals surface area contributed by atoms with Crippen LogP contribution in [0, 0.1) is 21.4 Å². The van der Waals surface area contributed by atoms with Gasteiger partial charge in [0.05, 0.1) is 29.2 Å². The Morgan fingerprint density at radius 2 is 1.95 bits per heavy atom. The molecule has 2 fully saturated rings. The van der Waals surface area contributed by atoms with Gasteiger partial charge in [-0.3, -0.25) is 29.8 Å². The number of rotatable bonds is 4. The molecule has 0 bridgehead atoms. The Labute approximate surface area is 216 Å². The van der Waals surface area contributed by atoms with Crippen LogP contribution in [-0.2, 0) is 25.5 Å². The summed E-state index contributed by atoms with van der Waals surface area (Å²) in [6.07, 6.45) is 0.372. The van der Waals surface area contributed by atoms with Crippen molar-refractivity contribution in [2.75, 3.05) is 23.0 Å². The van der Waals surface area contributed by atoms with E-state index in [1.54, 1.807) is 13.0 Å². The number of hydrogen-bond acceptors (Lipinski definition) is 8. The van der Waals surface area contributed by atoms with Gasteiger partial charge in [-0.2, -0.15) is 0 Å². The predicted octanol–water partition coefficient (Wildman–Crippen LogP) is 3.22. The van der Waals surface area contributed by atoms with Gasteiger partial charge in [0, 0.05) is 35.8 Å². The van der Waals surface area contributed by atoms with Crippen LogP contribution < -0.4 is 15.1 Å². The van der Waals surface area contributed by atoms with Crippen LogP contribution in [0.5, 0.6) is 0 Å². The van der Waals surface area contributed by atoms with Gasteiger partial charge in [0.2, 0.25) is 5.91 Å². The number of hydrogen-bond donors (Lipinski definition) is 1. The lowest BCUT2D eigenvalue weighted by atomic mass is 9.64. The molecule has 12 heteroatoms. The molecular formula is C25H23ClN4O7. The number of nitrogens with zero attached hydrogens (tertiary/aromatic N) is 3. The molecular weight excluding hydrogens is 504 g/mol. The van der Waals surface area contributed by atoms with Gasteiger partial charge in [0.25, 0.3) is 11.6 Å². The van der Waals surface area contributed by atoms with Gasteiger partial charge in [0.1, 0.15) is 0 Å². The highest BCUT2D eigenvalue weighted by molar-refractivity contribution is 6.32. The average Bonchev–Trinajstić information content (AvgIpc) is 2.87. The third-order valence-electron chi connectivity index (χ3n) is 7.34. The number of halogens is 1. The summed E-state index contributed by atoms with van der Waals surface area (Å²) in [5, 5.41) is 14.2. The van der Waals surface area contributed by atoms with E-state index in [1.807, 2.05) is 4.90 Å². The van der Waals surface area contributed by atoms with Crippen molar-refractivity contribution in [3.63, 3.8) is 0 Å². The van der Waals surface area contributed by atoms with E-state index >= 15 is 0 Å². The summed E-state index contributed by atoms with van der Waals surface area (Å²) in [4.78, 5) is 67.1. The molecule has 11 nitrogen and oxygen atoms in total. The average molecular weight is 527 g/mol. The summed E-state index contributed by atoms with van der Waals surface area (Å²) in [5.41, 5.74) is -0.690. The number of piperidine rings is 1. The number of anilines is 2. The number of nitrogens with one attached hydrogen (secondary N) is 1. The molecule has 3 aliphatic rings. The number of nitro benzene ring substituents is 1. The molecule has 3 heterocycles. The summed E-state index contributed by atoms with van der Waals surface area (Å²) in [6, 6.07) is 8.65. The minimum absolute atomic E-state index is 0.136. The number of fused-ring (bicyclic) bond motifs is 4. The number of benzene rings is 2. The molecule has 1 spiro atoms. The van der Waals surface area contributed by atoms with Crippen molar-refractivity contribution in [1.29, 1.82) is 0 Å². The number of ether oxygens (including phenoxy) is 1. The standard InChI is InChI=1S/C25H23ClN4O7/c1-2-37-21(31)14-9-10-28-19-8-7-18(30(35)36)11-15(19)13-25(20(28)12-14)22(32)27-24(34)29(23(25)33)17-5-3-16(26)4-6-17/h3-8,11,14,20H,2,9-10,12-13H2,1H3,(H,27,32,34)/t14-,20-,25-/m1/s1. The SMILES string of the molecule is CCOC(=O)[C@@H]1CCN2c3ccc([N+](=O)[O-])cc3C[C@]3(C(=O)NC(=O)N(c4ccc(Cl)cc4)C3=O)[C@H]2C1. The molecule has 0 radical (unpaired) electrons. The molecule has 0 aromatic heterocycles. The molecule has 2 aromatic carbocycles. The van der Waals surface area contributed by atoms with Gasteiger partial charge in [-0.25, -0.2) is 9.69 Å². The highest BCUT2D eigenvalue weighted by Gasteiger charge is 2.63. The maximum Gasteiger partial charge on any atom is 0.335 e. The van der Waals surface area contributed by atoms with Crippen LogP contribution in [-0.4, -0.2) is 47.9 Å². The molecule has 192 valence electrons. The zero-order valence-electron chi connectivity index (χ0n) is 19.8. The third kappa shape index (κ3) is 3.90. The van der Waals surface area contributed by atoms with E-state index in [-0.39, 0.29) is 30.8 Å². The van der Waals surface area contributed by atoms with Crippen LogP contribution in [0.4, 0.5) is 21.9 Å². The quantitative estimate of drug-likeness (QED) is 0.277. The first kappa shape index (κ1) is 24.7. The van der Waals surface area contributed by atoms with E-state index in [1.165, 1.54) is 36.4 Å².